The predicted octanol–water partition coefficient (Wildman–Crippen LogP) is 8.14. The molecule has 1 aromatic carbocycles. The van der Waals surface area contributed by atoms with Gasteiger partial charge >= 0.3 is 0 Å². The summed E-state index contributed by atoms with van der Waals surface area (Å²) < 4.78 is 0. The van der Waals surface area contributed by atoms with Gasteiger partial charge < -0.3 is 4.89 Å². The molecule has 3 rings (SSSR count). The first kappa shape index (κ1) is 23.3. The Morgan fingerprint density at radius 3 is 1.79 bits per heavy atom. The Labute approximate surface area is 174 Å². The average Bonchev–Trinajstić information content (AvgIpc) is 2.68. The standard InChI is InChI=1S/C26H44O2/c1-3-5-7-9-11-13-15-17-24-23-19-20-26(28-27-22-21-23)25(24)18-16-14-12-10-8-6-4-2/h19-20H,3-18,21-22H2,1-2H3. The highest BCUT2D eigenvalue weighted by molar-refractivity contribution is 5.46. The maximum Gasteiger partial charge on any atom is 0.168 e. The van der Waals surface area contributed by atoms with Gasteiger partial charge in [-0.05, 0) is 42.9 Å². The minimum absolute atomic E-state index is 0.675. The van der Waals surface area contributed by atoms with Gasteiger partial charge in [-0.2, -0.15) is 4.89 Å². The molecule has 2 aliphatic heterocycles. The molecule has 0 aliphatic carbocycles. The monoisotopic (exact) mass is 388 g/mol. The lowest BCUT2D eigenvalue weighted by Crippen LogP contribution is -2.13. The molecule has 160 valence electrons. The van der Waals surface area contributed by atoms with Crippen molar-refractivity contribution >= 4 is 0 Å². The van der Waals surface area contributed by atoms with E-state index in [0.717, 1.165) is 18.6 Å². The van der Waals surface area contributed by atoms with Crippen LogP contribution in [0.1, 0.15) is 120 Å². The topological polar surface area (TPSA) is 18.5 Å². The molecule has 0 amide bonds. The summed E-state index contributed by atoms with van der Waals surface area (Å²) in [5.41, 5.74) is 4.52. The summed E-state index contributed by atoms with van der Waals surface area (Å²) in [6.45, 7) is 5.25. The van der Waals surface area contributed by atoms with Crippen LogP contribution in [0.3, 0.4) is 0 Å². The van der Waals surface area contributed by atoms with Crippen molar-refractivity contribution in [1.29, 1.82) is 0 Å². The van der Waals surface area contributed by atoms with Crippen LogP contribution in [-0.4, -0.2) is 6.61 Å². The smallest absolute Gasteiger partial charge is 0.168 e. The highest BCUT2D eigenvalue weighted by atomic mass is 17.2. The predicted molar refractivity (Wildman–Crippen MR) is 120 cm³/mol. The fourth-order valence-electron chi connectivity index (χ4n) is 4.39. The second-order valence-electron chi connectivity index (χ2n) is 8.58. The van der Waals surface area contributed by atoms with E-state index < -0.39 is 0 Å². The van der Waals surface area contributed by atoms with Crippen molar-refractivity contribution in [2.45, 2.75) is 123 Å². The first-order chi connectivity index (χ1) is 13.9. The fourth-order valence-corrected chi connectivity index (χ4v) is 4.39. The van der Waals surface area contributed by atoms with Crippen LogP contribution in [0.4, 0.5) is 0 Å². The van der Waals surface area contributed by atoms with Gasteiger partial charge in [-0.25, -0.2) is 0 Å². The molecular weight excluding hydrogens is 344 g/mol. The molecule has 0 fully saturated rings. The number of hydrogen-bond acceptors (Lipinski definition) is 2. The molecular formula is C26H44O2. The minimum Gasteiger partial charge on any atom is -0.337 e. The number of hydrogen-bond donors (Lipinski definition) is 0. The van der Waals surface area contributed by atoms with E-state index >= 15 is 0 Å². The lowest BCUT2D eigenvalue weighted by Gasteiger charge is -2.21. The molecule has 0 aromatic heterocycles. The molecule has 0 unspecified atom stereocenters. The van der Waals surface area contributed by atoms with Gasteiger partial charge in [0.15, 0.2) is 5.75 Å². The Hall–Kier alpha value is -1.02. The Morgan fingerprint density at radius 2 is 1.18 bits per heavy atom. The van der Waals surface area contributed by atoms with E-state index in [1.54, 1.807) is 5.56 Å². The van der Waals surface area contributed by atoms with Crippen molar-refractivity contribution in [1.82, 2.24) is 0 Å². The normalized spacial score (nSPS) is 13.4. The molecule has 1 aromatic rings. The van der Waals surface area contributed by atoms with Crippen LogP contribution in [0, 0.1) is 0 Å². The largest absolute Gasteiger partial charge is 0.337 e. The summed E-state index contributed by atoms with van der Waals surface area (Å²) in [5, 5.41) is 0. The summed E-state index contributed by atoms with van der Waals surface area (Å²) in [7, 11) is 0. The molecule has 0 spiro atoms. The summed E-state index contributed by atoms with van der Waals surface area (Å²) in [5.74, 6) is 0.979. The third-order valence-corrected chi connectivity index (χ3v) is 6.15. The van der Waals surface area contributed by atoms with Crippen molar-refractivity contribution in [3.05, 3.63) is 28.8 Å². The second-order valence-corrected chi connectivity index (χ2v) is 8.58. The van der Waals surface area contributed by atoms with Crippen molar-refractivity contribution in [2.75, 3.05) is 6.61 Å². The number of benzene rings is 1. The maximum absolute atomic E-state index is 5.65. The summed E-state index contributed by atoms with van der Waals surface area (Å²) in [6, 6.07) is 4.42. The van der Waals surface area contributed by atoms with Gasteiger partial charge in [0, 0.05) is 12.0 Å². The zero-order valence-electron chi connectivity index (χ0n) is 18.7. The van der Waals surface area contributed by atoms with Crippen LogP contribution in [0.2, 0.25) is 0 Å². The van der Waals surface area contributed by atoms with E-state index in [0.29, 0.717) is 6.61 Å². The third kappa shape index (κ3) is 8.55. The Bertz CT molecular complexity index is 476. The van der Waals surface area contributed by atoms with Crippen LogP contribution in [0.15, 0.2) is 12.1 Å². The van der Waals surface area contributed by atoms with Gasteiger partial charge in [-0.3, -0.25) is 0 Å². The lowest BCUT2D eigenvalue weighted by atomic mass is 9.90. The van der Waals surface area contributed by atoms with Crippen molar-refractivity contribution in [3.8, 4) is 5.75 Å². The zero-order valence-corrected chi connectivity index (χ0v) is 18.7. The van der Waals surface area contributed by atoms with Crippen molar-refractivity contribution in [2.24, 2.45) is 0 Å². The van der Waals surface area contributed by atoms with Crippen molar-refractivity contribution < 1.29 is 9.78 Å². The highest BCUT2D eigenvalue weighted by Crippen LogP contribution is 2.31. The van der Waals surface area contributed by atoms with Crippen molar-refractivity contribution in [3.63, 3.8) is 0 Å². The minimum atomic E-state index is 0.675. The molecule has 0 saturated heterocycles. The Kier molecular flexibility index (Phi) is 12.4. The molecule has 2 aliphatic rings. The summed E-state index contributed by atoms with van der Waals surface area (Å²) in [6.07, 6.45) is 22.4. The Morgan fingerprint density at radius 1 is 0.643 bits per heavy atom. The van der Waals surface area contributed by atoms with E-state index in [2.05, 4.69) is 26.0 Å². The van der Waals surface area contributed by atoms with Gasteiger partial charge in [-0.1, -0.05) is 97.0 Å². The van der Waals surface area contributed by atoms with Crippen LogP contribution in [-0.2, 0) is 24.2 Å². The quantitative estimate of drug-likeness (QED) is 0.210. The summed E-state index contributed by atoms with van der Waals surface area (Å²) in [4.78, 5) is 11.0. The molecule has 0 N–H and O–H groups in total. The molecule has 2 heterocycles. The molecule has 0 radical (unpaired) electrons. The van der Waals surface area contributed by atoms with E-state index in [9.17, 15) is 0 Å². The van der Waals surface area contributed by atoms with E-state index in [-0.39, 0.29) is 0 Å². The summed E-state index contributed by atoms with van der Waals surface area (Å²) >= 11 is 0. The van der Waals surface area contributed by atoms with Gasteiger partial charge in [-0.15, -0.1) is 0 Å². The number of rotatable bonds is 16. The molecule has 2 bridgehead atoms. The van der Waals surface area contributed by atoms with Gasteiger partial charge in [0.2, 0.25) is 0 Å². The zero-order chi connectivity index (χ0) is 19.9. The van der Waals surface area contributed by atoms with Crippen LogP contribution < -0.4 is 4.89 Å². The van der Waals surface area contributed by atoms with Gasteiger partial charge in [0.1, 0.15) is 0 Å². The fraction of sp³-hybridized carbons (Fsp3) is 0.769. The van der Waals surface area contributed by atoms with E-state index in [1.807, 2.05) is 0 Å². The maximum atomic E-state index is 5.65. The molecule has 0 saturated carbocycles. The first-order valence-corrected chi connectivity index (χ1v) is 12.3. The number of fused-ring (bicyclic) bond motifs is 5. The molecule has 2 nitrogen and oxygen atoms in total. The van der Waals surface area contributed by atoms with Crippen LogP contribution in [0.25, 0.3) is 0 Å². The Balaban J connectivity index is 1.84. The molecule has 0 atom stereocenters. The van der Waals surface area contributed by atoms with Gasteiger partial charge in [0.25, 0.3) is 0 Å². The van der Waals surface area contributed by atoms with Gasteiger partial charge in [0.05, 0.1) is 6.61 Å². The second kappa shape index (κ2) is 14.9. The first-order valence-electron chi connectivity index (χ1n) is 12.3. The van der Waals surface area contributed by atoms with E-state index in [1.165, 1.54) is 107 Å². The van der Waals surface area contributed by atoms with Crippen LogP contribution in [0.5, 0.6) is 5.75 Å². The molecule has 28 heavy (non-hydrogen) atoms. The average molecular weight is 389 g/mol. The lowest BCUT2D eigenvalue weighted by molar-refractivity contribution is -0.207. The van der Waals surface area contributed by atoms with E-state index in [4.69, 9.17) is 9.78 Å². The molecule has 2 heteroatoms. The third-order valence-electron chi connectivity index (χ3n) is 6.15. The number of unbranched alkanes of at least 4 members (excludes halogenated alkanes) is 12. The SMILES string of the molecule is CCCCCCCCCc1c2ccc(c1CCCCCCCCC)OOCC2. The van der Waals surface area contributed by atoms with Crippen LogP contribution >= 0.6 is 0 Å². The highest BCUT2D eigenvalue weighted by Gasteiger charge is 2.17.